The minimum absolute atomic E-state index is 0.0823. The van der Waals surface area contributed by atoms with Gasteiger partial charge < -0.3 is 14.7 Å². The van der Waals surface area contributed by atoms with Gasteiger partial charge >= 0.3 is 12.1 Å². The summed E-state index contributed by atoms with van der Waals surface area (Å²) < 4.78 is 5.41. The number of hydrogen-bond acceptors (Lipinski definition) is 5. The quantitative estimate of drug-likeness (QED) is 0.762. The maximum absolute atomic E-state index is 12.9. The third-order valence-corrected chi connectivity index (χ3v) is 4.96. The fourth-order valence-corrected chi connectivity index (χ4v) is 3.61. The lowest BCUT2D eigenvalue weighted by Gasteiger charge is -2.42. The second-order valence-corrected chi connectivity index (χ2v) is 8.00. The SMILES string of the molecule is CN1C(=O)N(c2ccc(O)cc2)C2(CCN(C(=O)OC(C)(C)C)CC2)C1=O. The number of nitrogens with zero attached hydrogens (tertiary/aromatic N) is 3. The first-order chi connectivity index (χ1) is 12.5. The number of carbonyl (C=O) groups excluding carboxylic acids is 3. The Morgan fingerprint density at radius 1 is 1.11 bits per heavy atom. The molecule has 0 bridgehead atoms. The van der Waals surface area contributed by atoms with E-state index in [4.69, 9.17) is 4.74 Å². The molecule has 8 nitrogen and oxygen atoms in total. The summed E-state index contributed by atoms with van der Waals surface area (Å²) in [4.78, 5) is 42.2. The first kappa shape index (κ1) is 19.0. The molecule has 0 saturated carbocycles. The molecule has 2 aliphatic heterocycles. The minimum atomic E-state index is -1.03. The van der Waals surface area contributed by atoms with Crippen LogP contribution in [0.4, 0.5) is 15.3 Å². The lowest BCUT2D eigenvalue weighted by Crippen LogP contribution is -2.58. The molecule has 0 radical (unpaired) electrons. The summed E-state index contributed by atoms with van der Waals surface area (Å²) in [6.45, 7) is 6.04. The van der Waals surface area contributed by atoms with Crippen molar-refractivity contribution in [2.75, 3.05) is 25.0 Å². The molecular weight excluding hydrogens is 350 g/mol. The molecule has 2 heterocycles. The first-order valence-corrected chi connectivity index (χ1v) is 8.94. The van der Waals surface area contributed by atoms with Gasteiger partial charge in [0.05, 0.1) is 0 Å². The van der Waals surface area contributed by atoms with Gasteiger partial charge in [-0.25, -0.2) is 9.59 Å². The van der Waals surface area contributed by atoms with Crippen LogP contribution in [0.1, 0.15) is 33.6 Å². The number of anilines is 1. The molecule has 1 aromatic rings. The number of urea groups is 1. The maximum atomic E-state index is 12.9. The zero-order chi connectivity index (χ0) is 20.0. The van der Waals surface area contributed by atoms with Crippen LogP contribution in [0.15, 0.2) is 24.3 Å². The summed E-state index contributed by atoms with van der Waals surface area (Å²) in [5, 5.41) is 9.52. The van der Waals surface area contributed by atoms with Gasteiger partial charge in [-0.3, -0.25) is 14.6 Å². The molecule has 0 atom stereocenters. The first-order valence-electron chi connectivity index (χ1n) is 8.94. The van der Waals surface area contributed by atoms with Gasteiger partial charge in [0.15, 0.2) is 0 Å². The zero-order valence-corrected chi connectivity index (χ0v) is 16.1. The Balaban J connectivity index is 1.85. The number of hydrogen-bond donors (Lipinski definition) is 1. The van der Waals surface area contributed by atoms with Crippen molar-refractivity contribution in [3.05, 3.63) is 24.3 Å². The van der Waals surface area contributed by atoms with Crippen LogP contribution in [-0.4, -0.2) is 64.2 Å². The van der Waals surface area contributed by atoms with E-state index in [0.29, 0.717) is 31.6 Å². The van der Waals surface area contributed by atoms with Crippen LogP contribution in [0.5, 0.6) is 5.75 Å². The Bertz CT molecular complexity index is 761. The van der Waals surface area contributed by atoms with E-state index in [0.717, 1.165) is 4.90 Å². The standard InChI is InChI=1S/C19H25N3O5/c1-18(2,3)27-17(26)21-11-9-19(10-12-21)15(24)20(4)16(25)22(19)13-5-7-14(23)8-6-13/h5-8,23H,9-12H2,1-4H3. The van der Waals surface area contributed by atoms with Gasteiger partial charge in [-0.1, -0.05) is 0 Å². The molecule has 146 valence electrons. The molecule has 2 fully saturated rings. The zero-order valence-electron chi connectivity index (χ0n) is 16.1. The van der Waals surface area contributed by atoms with Gasteiger partial charge in [0.25, 0.3) is 5.91 Å². The summed E-state index contributed by atoms with van der Waals surface area (Å²) in [6, 6.07) is 5.78. The van der Waals surface area contributed by atoms with Crippen molar-refractivity contribution in [3.8, 4) is 5.75 Å². The third-order valence-electron chi connectivity index (χ3n) is 4.96. The number of piperidine rings is 1. The molecule has 2 saturated heterocycles. The van der Waals surface area contributed by atoms with E-state index in [2.05, 4.69) is 0 Å². The van der Waals surface area contributed by atoms with Crippen molar-refractivity contribution in [1.82, 2.24) is 9.80 Å². The number of imide groups is 1. The van der Waals surface area contributed by atoms with Crippen molar-refractivity contribution in [1.29, 1.82) is 0 Å². The number of aromatic hydroxyl groups is 1. The van der Waals surface area contributed by atoms with Gasteiger partial charge in [-0.15, -0.1) is 0 Å². The Morgan fingerprint density at radius 2 is 1.67 bits per heavy atom. The number of likely N-dealkylation sites (N-methyl/N-ethyl adjacent to an activating group) is 1. The highest BCUT2D eigenvalue weighted by molar-refractivity contribution is 6.16. The van der Waals surface area contributed by atoms with E-state index < -0.39 is 23.3 Å². The topological polar surface area (TPSA) is 90.4 Å². The second-order valence-electron chi connectivity index (χ2n) is 8.00. The van der Waals surface area contributed by atoms with E-state index in [1.807, 2.05) is 0 Å². The molecule has 1 aromatic carbocycles. The number of amides is 4. The Kier molecular flexibility index (Phi) is 4.53. The van der Waals surface area contributed by atoms with Gasteiger partial charge in [-0.2, -0.15) is 0 Å². The lowest BCUT2D eigenvalue weighted by atomic mass is 9.85. The summed E-state index contributed by atoms with van der Waals surface area (Å²) in [7, 11) is 1.47. The maximum Gasteiger partial charge on any atom is 0.410 e. The fourth-order valence-electron chi connectivity index (χ4n) is 3.61. The van der Waals surface area contributed by atoms with Crippen LogP contribution in [0.2, 0.25) is 0 Å². The summed E-state index contributed by atoms with van der Waals surface area (Å²) in [5.74, 6) is -0.191. The van der Waals surface area contributed by atoms with Crippen LogP contribution in [0.3, 0.4) is 0 Å². The Morgan fingerprint density at radius 3 is 2.19 bits per heavy atom. The molecule has 0 aliphatic carbocycles. The summed E-state index contributed by atoms with van der Waals surface area (Å²) in [5.41, 5.74) is -1.08. The lowest BCUT2D eigenvalue weighted by molar-refractivity contribution is -0.131. The molecule has 2 aliphatic rings. The van der Waals surface area contributed by atoms with Crippen molar-refractivity contribution in [2.45, 2.75) is 44.8 Å². The number of rotatable bonds is 1. The number of carbonyl (C=O) groups is 3. The number of benzene rings is 1. The molecule has 27 heavy (non-hydrogen) atoms. The Hall–Kier alpha value is -2.77. The average molecular weight is 375 g/mol. The fraction of sp³-hybridized carbons (Fsp3) is 0.526. The van der Waals surface area contributed by atoms with E-state index in [-0.39, 0.29) is 11.7 Å². The van der Waals surface area contributed by atoms with Gasteiger partial charge in [-0.05, 0) is 57.9 Å². The number of phenols is 1. The summed E-state index contributed by atoms with van der Waals surface area (Å²) >= 11 is 0. The largest absolute Gasteiger partial charge is 0.508 e. The van der Waals surface area contributed by atoms with E-state index in [9.17, 15) is 19.5 Å². The van der Waals surface area contributed by atoms with Crippen LogP contribution in [0, 0.1) is 0 Å². The van der Waals surface area contributed by atoms with Crippen molar-refractivity contribution in [2.24, 2.45) is 0 Å². The van der Waals surface area contributed by atoms with Crippen LogP contribution in [0.25, 0.3) is 0 Å². The highest BCUT2D eigenvalue weighted by Crippen LogP contribution is 2.40. The predicted molar refractivity (Wildman–Crippen MR) is 98.5 cm³/mol. The minimum Gasteiger partial charge on any atom is -0.508 e. The van der Waals surface area contributed by atoms with Crippen LogP contribution >= 0.6 is 0 Å². The Labute approximate surface area is 158 Å². The molecule has 0 unspecified atom stereocenters. The van der Waals surface area contributed by atoms with Crippen molar-refractivity contribution >= 4 is 23.7 Å². The molecular formula is C19H25N3O5. The third kappa shape index (κ3) is 3.31. The smallest absolute Gasteiger partial charge is 0.410 e. The number of phenolic OH excluding ortho intramolecular Hbond substituents is 1. The van der Waals surface area contributed by atoms with Gasteiger partial charge in [0, 0.05) is 25.8 Å². The normalized spacial score (nSPS) is 19.8. The van der Waals surface area contributed by atoms with E-state index in [1.165, 1.54) is 24.1 Å². The summed E-state index contributed by atoms with van der Waals surface area (Å²) in [6.07, 6.45) is 0.225. The molecule has 1 spiro atoms. The number of likely N-dealkylation sites (tertiary alicyclic amines) is 1. The monoisotopic (exact) mass is 375 g/mol. The van der Waals surface area contributed by atoms with Crippen molar-refractivity contribution < 1.29 is 24.2 Å². The van der Waals surface area contributed by atoms with E-state index in [1.54, 1.807) is 37.8 Å². The molecule has 0 aromatic heterocycles. The van der Waals surface area contributed by atoms with Gasteiger partial charge in [0.2, 0.25) is 0 Å². The molecule has 1 N–H and O–H groups in total. The highest BCUT2D eigenvalue weighted by Gasteiger charge is 2.58. The van der Waals surface area contributed by atoms with Gasteiger partial charge in [0.1, 0.15) is 16.9 Å². The van der Waals surface area contributed by atoms with Crippen LogP contribution in [-0.2, 0) is 9.53 Å². The highest BCUT2D eigenvalue weighted by atomic mass is 16.6. The van der Waals surface area contributed by atoms with Crippen molar-refractivity contribution in [3.63, 3.8) is 0 Å². The van der Waals surface area contributed by atoms with E-state index >= 15 is 0 Å². The molecule has 3 rings (SSSR count). The molecule has 8 heteroatoms. The molecule has 4 amide bonds. The van der Waals surface area contributed by atoms with Crippen LogP contribution < -0.4 is 4.90 Å². The number of ether oxygens (including phenoxy) is 1. The predicted octanol–water partition coefficient (Wildman–Crippen LogP) is 2.56. The average Bonchev–Trinajstić information content (AvgIpc) is 2.77. The second kappa shape index (κ2) is 6.44.